The lowest BCUT2D eigenvalue weighted by molar-refractivity contribution is -0.534. The molecule has 2 fully saturated rings. The second-order valence-corrected chi connectivity index (χ2v) is 10.1. The average molecular weight is 520 g/mol. The predicted molar refractivity (Wildman–Crippen MR) is 139 cm³/mol. The summed E-state index contributed by atoms with van der Waals surface area (Å²) in [6.07, 6.45) is 1.65. The zero-order valence-electron chi connectivity index (χ0n) is 20.2. The standard InChI is InChI=1S/C28H26ClN3O5/c1-36-24-15-17(12-13-23(24)37-16-18-7-2-4-9-20(18)29)25-22-11-6-14-31(22)28(26(25)32(34)35)19-8-3-5-10-21(19)30-27(28)33/h2-5,7-10,12-13,15,22,25-26H,6,11,14,16H2,1H3,(H,30,33)/t22-,25+,26-,28-/m0/s1. The maximum Gasteiger partial charge on any atom is 0.256 e. The van der Waals surface area contributed by atoms with Crippen molar-refractivity contribution in [1.29, 1.82) is 0 Å². The molecule has 0 aromatic heterocycles. The van der Waals surface area contributed by atoms with Gasteiger partial charge in [-0.2, -0.15) is 0 Å². The van der Waals surface area contributed by atoms with Crippen molar-refractivity contribution in [3.63, 3.8) is 0 Å². The molecular weight excluding hydrogens is 494 g/mol. The van der Waals surface area contributed by atoms with Crippen LogP contribution in [0.2, 0.25) is 5.02 Å². The first kappa shape index (κ1) is 23.8. The van der Waals surface area contributed by atoms with Crippen molar-refractivity contribution in [2.45, 2.75) is 43.0 Å². The molecule has 4 atom stereocenters. The number of benzene rings is 3. The first-order chi connectivity index (χ1) is 18.0. The number of anilines is 1. The van der Waals surface area contributed by atoms with Crippen LogP contribution >= 0.6 is 11.6 Å². The molecule has 9 heteroatoms. The number of para-hydroxylation sites is 1. The van der Waals surface area contributed by atoms with Crippen molar-refractivity contribution >= 4 is 23.2 Å². The summed E-state index contributed by atoms with van der Waals surface area (Å²) >= 11 is 6.27. The number of fused-ring (bicyclic) bond motifs is 4. The van der Waals surface area contributed by atoms with Crippen LogP contribution in [0.5, 0.6) is 11.5 Å². The highest BCUT2D eigenvalue weighted by Gasteiger charge is 2.73. The van der Waals surface area contributed by atoms with Gasteiger partial charge in [0.1, 0.15) is 6.61 Å². The molecule has 1 spiro atoms. The van der Waals surface area contributed by atoms with Gasteiger partial charge in [0.15, 0.2) is 17.0 Å². The van der Waals surface area contributed by atoms with Crippen LogP contribution in [0.4, 0.5) is 5.69 Å². The minimum atomic E-state index is -1.35. The van der Waals surface area contributed by atoms with E-state index in [0.29, 0.717) is 34.3 Å². The van der Waals surface area contributed by atoms with Gasteiger partial charge in [-0.1, -0.05) is 54.1 Å². The number of nitro groups is 1. The fourth-order valence-corrected chi connectivity index (χ4v) is 6.75. The number of hydrogen-bond acceptors (Lipinski definition) is 6. The fraction of sp³-hybridized carbons (Fsp3) is 0.321. The van der Waals surface area contributed by atoms with E-state index in [-0.39, 0.29) is 23.5 Å². The van der Waals surface area contributed by atoms with Gasteiger partial charge in [-0.25, -0.2) is 0 Å². The summed E-state index contributed by atoms with van der Waals surface area (Å²) in [5.74, 6) is 0.176. The summed E-state index contributed by atoms with van der Waals surface area (Å²) in [5.41, 5.74) is 1.58. The Morgan fingerprint density at radius 3 is 2.70 bits per heavy atom. The lowest BCUT2D eigenvalue weighted by Crippen LogP contribution is -2.55. The topological polar surface area (TPSA) is 93.9 Å². The number of halogens is 1. The monoisotopic (exact) mass is 519 g/mol. The summed E-state index contributed by atoms with van der Waals surface area (Å²) in [6, 6.07) is 18.9. The van der Waals surface area contributed by atoms with E-state index >= 15 is 0 Å². The number of methoxy groups -OCH3 is 1. The van der Waals surface area contributed by atoms with E-state index < -0.39 is 17.5 Å². The SMILES string of the molecule is COc1cc([C@H]2[C@H]([N+](=O)[O-])[C@@]3(C(=O)Nc4ccccc43)N3CCC[C@@H]23)ccc1OCc1ccccc1Cl. The predicted octanol–water partition coefficient (Wildman–Crippen LogP) is 4.98. The Kier molecular flexibility index (Phi) is 5.81. The third kappa shape index (κ3) is 3.50. The molecule has 6 rings (SSSR count). The van der Waals surface area contributed by atoms with E-state index in [0.717, 1.165) is 24.0 Å². The van der Waals surface area contributed by atoms with Crippen molar-refractivity contribution in [2.75, 3.05) is 19.0 Å². The first-order valence-electron chi connectivity index (χ1n) is 12.3. The van der Waals surface area contributed by atoms with E-state index in [2.05, 4.69) is 10.2 Å². The Hall–Kier alpha value is -3.62. The maximum absolute atomic E-state index is 13.6. The van der Waals surface area contributed by atoms with E-state index in [4.69, 9.17) is 21.1 Å². The summed E-state index contributed by atoms with van der Waals surface area (Å²) < 4.78 is 11.7. The van der Waals surface area contributed by atoms with Crippen LogP contribution < -0.4 is 14.8 Å². The number of nitrogens with zero attached hydrogens (tertiary/aromatic N) is 2. The summed E-state index contributed by atoms with van der Waals surface area (Å²) in [4.78, 5) is 28.2. The lowest BCUT2D eigenvalue weighted by Gasteiger charge is -2.32. The van der Waals surface area contributed by atoms with Crippen molar-refractivity contribution < 1.29 is 19.2 Å². The van der Waals surface area contributed by atoms with Crippen molar-refractivity contribution in [3.05, 3.63) is 98.6 Å². The number of rotatable bonds is 6. The third-order valence-electron chi connectivity index (χ3n) is 8.01. The minimum Gasteiger partial charge on any atom is -0.493 e. The Balaban J connectivity index is 1.40. The third-order valence-corrected chi connectivity index (χ3v) is 8.38. The molecule has 3 aromatic carbocycles. The molecule has 37 heavy (non-hydrogen) atoms. The Morgan fingerprint density at radius 1 is 1.14 bits per heavy atom. The van der Waals surface area contributed by atoms with Crippen molar-refractivity contribution in [3.8, 4) is 11.5 Å². The lowest BCUT2D eigenvalue weighted by atomic mass is 9.77. The number of ether oxygens (including phenoxy) is 2. The largest absolute Gasteiger partial charge is 0.493 e. The number of amides is 1. The first-order valence-corrected chi connectivity index (χ1v) is 12.7. The molecule has 1 N–H and O–H groups in total. The number of hydrogen-bond donors (Lipinski definition) is 1. The Morgan fingerprint density at radius 2 is 1.92 bits per heavy atom. The van der Waals surface area contributed by atoms with Gasteiger partial charge >= 0.3 is 0 Å². The Labute approximate surface area is 219 Å². The van der Waals surface area contributed by atoms with Gasteiger partial charge in [0.05, 0.1) is 13.0 Å². The molecule has 1 amide bonds. The molecular formula is C28H26ClN3O5. The maximum atomic E-state index is 13.6. The molecule has 0 radical (unpaired) electrons. The molecule has 0 aliphatic carbocycles. The zero-order chi connectivity index (χ0) is 25.7. The highest BCUT2D eigenvalue weighted by Crippen LogP contribution is 2.58. The quantitative estimate of drug-likeness (QED) is 0.364. The molecule has 0 unspecified atom stereocenters. The zero-order valence-corrected chi connectivity index (χ0v) is 21.0. The van der Waals surface area contributed by atoms with Crippen molar-refractivity contribution in [2.24, 2.45) is 0 Å². The van der Waals surface area contributed by atoms with Gasteiger partial charge in [-0.05, 0) is 42.7 Å². The van der Waals surface area contributed by atoms with Crippen LogP contribution in [0, 0.1) is 10.1 Å². The van der Waals surface area contributed by atoms with Gasteiger partial charge in [-0.15, -0.1) is 0 Å². The van der Waals surface area contributed by atoms with E-state index in [9.17, 15) is 14.9 Å². The highest BCUT2D eigenvalue weighted by molar-refractivity contribution is 6.31. The molecule has 3 aromatic rings. The number of carbonyl (C=O) groups excluding carboxylic acids is 1. The van der Waals surface area contributed by atoms with E-state index in [1.54, 1.807) is 19.2 Å². The summed E-state index contributed by atoms with van der Waals surface area (Å²) in [7, 11) is 1.55. The Bertz CT molecular complexity index is 1400. The highest BCUT2D eigenvalue weighted by atomic mass is 35.5. The van der Waals surface area contributed by atoms with Crippen molar-refractivity contribution in [1.82, 2.24) is 4.90 Å². The van der Waals surface area contributed by atoms with Gasteiger partial charge in [-0.3, -0.25) is 19.8 Å². The van der Waals surface area contributed by atoms with Crippen LogP contribution in [-0.2, 0) is 16.9 Å². The molecule has 3 aliphatic heterocycles. The summed E-state index contributed by atoms with van der Waals surface area (Å²) in [5, 5.41) is 16.3. The molecule has 8 nitrogen and oxygen atoms in total. The van der Waals surface area contributed by atoms with Crippen LogP contribution in [0.3, 0.4) is 0 Å². The summed E-state index contributed by atoms with van der Waals surface area (Å²) in [6.45, 7) is 0.885. The normalized spacial score (nSPS) is 26.1. The second-order valence-electron chi connectivity index (χ2n) is 9.72. The fourth-order valence-electron chi connectivity index (χ4n) is 6.56. The molecule has 2 saturated heterocycles. The van der Waals surface area contributed by atoms with Crippen LogP contribution in [0.15, 0.2) is 66.7 Å². The van der Waals surface area contributed by atoms with Crippen LogP contribution in [-0.4, -0.2) is 41.5 Å². The molecule has 0 bridgehead atoms. The van der Waals surface area contributed by atoms with Crippen LogP contribution in [0.1, 0.15) is 35.4 Å². The minimum absolute atomic E-state index is 0.146. The number of nitrogens with one attached hydrogen (secondary N) is 1. The van der Waals surface area contributed by atoms with Crippen LogP contribution in [0.25, 0.3) is 0 Å². The van der Waals surface area contributed by atoms with Gasteiger partial charge in [0.2, 0.25) is 0 Å². The number of carbonyl (C=O) groups is 1. The van der Waals surface area contributed by atoms with E-state index in [1.807, 2.05) is 54.6 Å². The van der Waals surface area contributed by atoms with E-state index in [1.165, 1.54) is 0 Å². The van der Waals surface area contributed by atoms with Gasteiger partial charge < -0.3 is 14.8 Å². The molecule has 190 valence electrons. The smallest absolute Gasteiger partial charge is 0.256 e. The molecule has 0 saturated carbocycles. The second kappa shape index (κ2) is 9.04. The molecule has 3 aliphatic rings. The average Bonchev–Trinajstić information content (AvgIpc) is 3.56. The van der Waals surface area contributed by atoms with Gasteiger partial charge in [0.25, 0.3) is 11.9 Å². The molecule has 3 heterocycles. The van der Waals surface area contributed by atoms with Gasteiger partial charge in [0, 0.05) is 39.3 Å².